The second kappa shape index (κ2) is 8.38. The number of amides is 1. The maximum absolute atomic E-state index is 12.5. The molecule has 1 atom stereocenters. The number of carbonyl (C=O) groups excluding carboxylic acids is 1. The third-order valence-electron chi connectivity index (χ3n) is 4.76. The average molecular weight is 354 g/mol. The summed E-state index contributed by atoms with van der Waals surface area (Å²) in [6, 6.07) is 7.26. The maximum atomic E-state index is 12.5. The standard InChI is InChI=1S/C18H23NO4.ClH/c20-17(19-10-9-14(12-19)18(21)22)13-5-4-8-16(11-13)23-15-6-2-1-3-7-15;/h4-5,8,11,14-15H,1-3,6-7,9-10,12H2,(H,21,22);1H. The number of aliphatic carboxylic acids is 1. The second-order valence-corrected chi connectivity index (χ2v) is 6.48. The summed E-state index contributed by atoms with van der Waals surface area (Å²) in [4.78, 5) is 25.2. The van der Waals surface area contributed by atoms with Gasteiger partial charge in [0.2, 0.25) is 0 Å². The van der Waals surface area contributed by atoms with Crippen LogP contribution < -0.4 is 4.74 Å². The van der Waals surface area contributed by atoms with Crippen molar-refractivity contribution in [2.75, 3.05) is 13.1 Å². The van der Waals surface area contributed by atoms with Crippen molar-refractivity contribution in [3.05, 3.63) is 29.8 Å². The Bertz CT molecular complexity index is 586. The van der Waals surface area contributed by atoms with Gasteiger partial charge in [0.05, 0.1) is 12.0 Å². The number of carboxylic acids is 1. The fourth-order valence-corrected chi connectivity index (χ4v) is 3.41. The number of halogens is 1. The topological polar surface area (TPSA) is 66.8 Å². The summed E-state index contributed by atoms with van der Waals surface area (Å²) in [5.41, 5.74) is 0.573. The molecule has 1 saturated heterocycles. The molecule has 2 aliphatic rings. The van der Waals surface area contributed by atoms with Crippen molar-refractivity contribution in [2.24, 2.45) is 5.92 Å². The van der Waals surface area contributed by atoms with Gasteiger partial charge in [0.15, 0.2) is 0 Å². The first-order valence-corrected chi connectivity index (χ1v) is 8.42. The van der Waals surface area contributed by atoms with E-state index >= 15 is 0 Å². The minimum absolute atomic E-state index is 0. The number of ether oxygens (including phenoxy) is 1. The number of benzene rings is 1. The van der Waals surface area contributed by atoms with Crippen molar-refractivity contribution < 1.29 is 19.4 Å². The number of likely N-dealkylation sites (tertiary alicyclic amines) is 1. The molecule has 0 aromatic heterocycles. The molecular weight excluding hydrogens is 330 g/mol. The van der Waals surface area contributed by atoms with Crippen LogP contribution in [0.4, 0.5) is 0 Å². The van der Waals surface area contributed by atoms with E-state index in [-0.39, 0.29) is 24.4 Å². The summed E-state index contributed by atoms with van der Waals surface area (Å²) in [5.74, 6) is -0.644. The summed E-state index contributed by atoms with van der Waals surface area (Å²) in [7, 11) is 0. The summed E-state index contributed by atoms with van der Waals surface area (Å²) in [6.07, 6.45) is 6.60. The van der Waals surface area contributed by atoms with E-state index in [1.165, 1.54) is 19.3 Å². The van der Waals surface area contributed by atoms with Crippen LogP contribution in [-0.4, -0.2) is 41.1 Å². The highest BCUT2D eigenvalue weighted by molar-refractivity contribution is 5.95. The fraction of sp³-hybridized carbons (Fsp3) is 0.556. The van der Waals surface area contributed by atoms with Gasteiger partial charge < -0.3 is 14.7 Å². The van der Waals surface area contributed by atoms with Gasteiger partial charge in [-0.05, 0) is 50.3 Å². The normalized spacial score (nSPS) is 21.2. The first-order chi connectivity index (χ1) is 11.1. The molecule has 1 N–H and O–H groups in total. The molecule has 1 amide bonds. The van der Waals surface area contributed by atoms with E-state index in [0.717, 1.165) is 18.6 Å². The molecule has 24 heavy (non-hydrogen) atoms. The Kier molecular flexibility index (Phi) is 6.49. The first-order valence-electron chi connectivity index (χ1n) is 8.42. The minimum Gasteiger partial charge on any atom is -0.490 e. The number of hydrogen-bond acceptors (Lipinski definition) is 3. The van der Waals surface area contributed by atoms with Crippen LogP contribution in [0.2, 0.25) is 0 Å². The zero-order chi connectivity index (χ0) is 16.2. The Hall–Kier alpha value is -1.75. The lowest BCUT2D eigenvalue weighted by Gasteiger charge is -2.23. The summed E-state index contributed by atoms with van der Waals surface area (Å²) < 4.78 is 6.00. The molecule has 1 aliphatic heterocycles. The number of carboxylic acid groups (broad SMARTS) is 1. The van der Waals surface area contributed by atoms with Crippen molar-refractivity contribution in [2.45, 2.75) is 44.6 Å². The summed E-state index contributed by atoms with van der Waals surface area (Å²) in [5, 5.41) is 9.05. The van der Waals surface area contributed by atoms with E-state index in [9.17, 15) is 9.59 Å². The van der Waals surface area contributed by atoms with Gasteiger partial charge in [-0.15, -0.1) is 12.4 Å². The summed E-state index contributed by atoms with van der Waals surface area (Å²) in [6.45, 7) is 0.797. The molecule has 1 heterocycles. The van der Waals surface area contributed by atoms with Crippen LogP contribution >= 0.6 is 12.4 Å². The van der Waals surface area contributed by atoms with Crippen molar-refractivity contribution in [1.82, 2.24) is 4.90 Å². The van der Waals surface area contributed by atoms with Crippen LogP contribution in [-0.2, 0) is 4.79 Å². The highest BCUT2D eigenvalue weighted by atomic mass is 35.5. The molecule has 1 unspecified atom stereocenters. The Morgan fingerprint density at radius 2 is 1.88 bits per heavy atom. The number of rotatable bonds is 4. The summed E-state index contributed by atoms with van der Waals surface area (Å²) >= 11 is 0. The number of nitrogens with zero attached hydrogens (tertiary/aromatic N) is 1. The van der Waals surface area contributed by atoms with Crippen molar-refractivity contribution >= 4 is 24.3 Å². The van der Waals surface area contributed by atoms with Crippen LogP contribution in [0.1, 0.15) is 48.9 Å². The molecule has 1 saturated carbocycles. The van der Waals surface area contributed by atoms with Crippen LogP contribution in [0.5, 0.6) is 5.75 Å². The minimum atomic E-state index is -0.824. The monoisotopic (exact) mass is 353 g/mol. The average Bonchev–Trinajstić information content (AvgIpc) is 3.06. The smallest absolute Gasteiger partial charge is 0.308 e. The molecule has 2 fully saturated rings. The number of hydrogen-bond donors (Lipinski definition) is 1. The van der Waals surface area contributed by atoms with Crippen molar-refractivity contribution in [1.29, 1.82) is 0 Å². The van der Waals surface area contributed by atoms with Crippen molar-refractivity contribution in [3.63, 3.8) is 0 Å². The SMILES string of the molecule is Cl.O=C(O)C1CCN(C(=O)c2cccc(OC3CCCCC3)c2)C1. The molecule has 0 spiro atoms. The first kappa shape index (κ1) is 18.6. The molecule has 1 aliphatic carbocycles. The van der Waals surface area contributed by atoms with Gasteiger partial charge in [0, 0.05) is 18.7 Å². The van der Waals surface area contributed by atoms with Gasteiger partial charge >= 0.3 is 5.97 Å². The van der Waals surface area contributed by atoms with E-state index in [4.69, 9.17) is 9.84 Å². The van der Waals surface area contributed by atoms with Gasteiger partial charge in [0.25, 0.3) is 5.91 Å². The highest BCUT2D eigenvalue weighted by Gasteiger charge is 2.31. The zero-order valence-electron chi connectivity index (χ0n) is 13.6. The highest BCUT2D eigenvalue weighted by Crippen LogP contribution is 2.25. The molecule has 3 rings (SSSR count). The molecule has 6 heteroatoms. The fourth-order valence-electron chi connectivity index (χ4n) is 3.41. The van der Waals surface area contributed by atoms with E-state index in [2.05, 4.69) is 0 Å². The number of carbonyl (C=O) groups is 2. The molecular formula is C18H24ClNO4. The van der Waals surface area contributed by atoms with Gasteiger partial charge in [0.1, 0.15) is 5.75 Å². The predicted molar refractivity (Wildman–Crippen MR) is 92.8 cm³/mol. The van der Waals surface area contributed by atoms with E-state index in [1.807, 2.05) is 12.1 Å². The van der Waals surface area contributed by atoms with Gasteiger partial charge in [-0.3, -0.25) is 9.59 Å². The lowest BCUT2D eigenvalue weighted by molar-refractivity contribution is -0.141. The Labute approximate surface area is 148 Å². The molecule has 1 aromatic carbocycles. The molecule has 5 nitrogen and oxygen atoms in total. The van der Waals surface area contributed by atoms with Crippen LogP contribution in [0.25, 0.3) is 0 Å². The Balaban J connectivity index is 0.00000208. The Morgan fingerprint density at radius 3 is 2.54 bits per heavy atom. The third kappa shape index (κ3) is 4.41. The zero-order valence-corrected chi connectivity index (χ0v) is 14.5. The molecule has 132 valence electrons. The van der Waals surface area contributed by atoms with Crippen molar-refractivity contribution in [3.8, 4) is 5.75 Å². The van der Waals surface area contributed by atoms with Crippen LogP contribution in [0.15, 0.2) is 24.3 Å². The lowest BCUT2D eigenvalue weighted by atomic mass is 9.98. The van der Waals surface area contributed by atoms with E-state index in [0.29, 0.717) is 25.1 Å². The maximum Gasteiger partial charge on any atom is 0.308 e. The Morgan fingerprint density at radius 1 is 1.12 bits per heavy atom. The van der Waals surface area contributed by atoms with Crippen LogP contribution in [0, 0.1) is 5.92 Å². The lowest BCUT2D eigenvalue weighted by Crippen LogP contribution is -2.30. The molecule has 0 bridgehead atoms. The van der Waals surface area contributed by atoms with Gasteiger partial charge in [-0.25, -0.2) is 0 Å². The molecule has 0 radical (unpaired) electrons. The van der Waals surface area contributed by atoms with E-state index < -0.39 is 11.9 Å². The largest absolute Gasteiger partial charge is 0.490 e. The second-order valence-electron chi connectivity index (χ2n) is 6.48. The third-order valence-corrected chi connectivity index (χ3v) is 4.76. The van der Waals surface area contributed by atoms with Crippen LogP contribution in [0.3, 0.4) is 0 Å². The van der Waals surface area contributed by atoms with E-state index in [1.54, 1.807) is 17.0 Å². The predicted octanol–water partition coefficient (Wildman–Crippen LogP) is 3.37. The quantitative estimate of drug-likeness (QED) is 0.901. The van der Waals surface area contributed by atoms with Gasteiger partial charge in [-0.1, -0.05) is 12.5 Å². The molecule has 1 aromatic rings. The van der Waals surface area contributed by atoms with Gasteiger partial charge in [-0.2, -0.15) is 0 Å².